The first-order valence-electron chi connectivity index (χ1n) is 10.1. The van der Waals surface area contributed by atoms with Crippen LogP contribution in [0, 0.1) is 0 Å². The normalized spacial score (nSPS) is 19.0. The molecule has 7 heteroatoms. The van der Waals surface area contributed by atoms with Gasteiger partial charge in [0.05, 0.1) is 0 Å². The van der Waals surface area contributed by atoms with Crippen LogP contribution < -0.4 is 0 Å². The summed E-state index contributed by atoms with van der Waals surface area (Å²) in [5.41, 5.74) is 2.11. The molecule has 7 nitrogen and oxygen atoms in total. The van der Waals surface area contributed by atoms with Gasteiger partial charge in [-0.25, -0.2) is 14.7 Å². The second-order valence-corrected chi connectivity index (χ2v) is 7.37. The summed E-state index contributed by atoms with van der Waals surface area (Å²) in [5, 5.41) is 0. The number of benzene rings is 3. The summed E-state index contributed by atoms with van der Waals surface area (Å²) in [4.78, 5) is 43.1. The Morgan fingerprint density at radius 2 is 1.38 bits per heavy atom. The van der Waals surface area contributed by atoms with Crippen molar-refractivity contribution in [2.24, 2.45) is 4.99 Å². The van der Waals surface area contributed by atoms with Gasteiger partial charge in [-0.15, -0.1) is 0 Å². The number of fused-ring (bicyclic) bond motifs is 1. The van der Waals surface area contributed by atoms with Crippen LogP contribution in [0.4, 0.5) is 0 Å². The lowest BCUT2D eigenvalue weighted by atomic mass is 10.0. The topological polar surface area (TPSA) is 85.3 Å². The fraction of sp³-hybridized carbons (Fsp3) is 0.120. The van der Waals surface area contributed by atoms with Gasteiger partial charge in [0.1, 0.15) is 0 Å². The van der Waals surface area contributed by atoms with Gasteiger partial charge in [-0.3, -0.25) is 9.59 Å². The third-order valence-corrected chi connectivity index (χ3v) is 5.35. The molecule has 2 atom stereocenters. The highest BCUT2D eigenvalue weighted by molar-refractivity contribution is 6.37. The fourth-order valence-electron chi connectivity index (χ4n) is 3.74. The van der Waals surface area contributed by atoms with Crippen LogP contribution in [-0.4, -0.2) is 40.9 Å². The zero-order valence-corrected chi connectivity index (χ0v) is 16.8. The van der Waals surface area contributed by atoms with Crippen LogP contribution in [0.3, 0.4) is 0 Å². The van der Waals surface area contributed by atoms with E-state index >= 15 is 0 Å². The molecule has 0 spiro atoms. The molecule has 3 aromatic rings. The summed E-state index contributed by atoms with van der Waals surface area (Å²) in [6.45, 7) is 0. The molecule has 2 heterocycles. The molecule has 2 amide bonds. The first-order chi connectivity index (χ1) is 15.6. The molecule has 158 valence electrons. The predicted octanol–water partition coefficient (Wildman–Crippen LogP) is 2.86. The molecule has 0 bridgehead atoms. The van der Waals surface area contributed by atoms with Gasteiger partial charge in [-0.2, -0.15) is 0 Å². The van der Waals surface area contributed by atoms with E-state index < -0.39 is 36.2 Å². The lowest BCUT2D eigenvalue weighted by molar-refractivity contribution is -0.182. The Labute approximate surface area is 183 Å². The summed E-state index contributed by atoms with van der Waals surface area (Å²) in [5.74, 6) is -2.52. The smallest absolute Gasteiger partial charge is 0.398 e. The molecule has 0 N–H and O–H groups in total. The molecule has 0 aromatic heterocycles. The van der Waals surface area contributed by atoms with Gasteiger partial charge in [0.15, 0.2) is 12.1 Å². The quantitative estimate of drug-likeness (QED) is 0.364. The first-order valence-corrected chi connectivity index (χ1v) is 10.1. The van der Waals surface area contributed by atoms with Crippen LogP contribution in [0.1, 0.15) is 22.8 Å². The molecule has 1 saturated heterocycles. The maximum atomic E-state index is 12.8. The summed E-state index contributed by atoms with van der Waals surface area (Å²) in [6.07, 6.45) is -1.73. The van der Waals surface area contributed by atoms with E-state index in [2.05, 4.69) is 4.99 Å². The third kappa shape index (κ3) is 3.43. The lowest BCUT2D eigenvalue weighted by Crippen LogP contribution is -2.66. The molecule has 2 aliphatic rings. The monoisotopic (exact) mass is 426 g/mol. The van der Waals surface area contributed by atoms with Crippen molar-refractivity contribution < 1.29 is 23.9 Å². The number of nitrogens with zero attached hydrogens (tertiary/aromatic N) is 2. The van der Waals surface area contributed by atoms with E-state index in [1.54, 1.807) is 36.4 Å². The maximum Gasteiger partial charge on any atom is 0.398 e. The maximum absolute atomic E-state index is 12.8. The highest BCUT2D eigenvalue weighted by Crippen LogP contribution is 2.32. The lowest BCUT2D eigenvalue weighted by Gasteiger charge is -2.37. The molecule has 3 aromatic carbocycles. The number of β-lactam (4-membered cyclic amide) rings is 1. The Kier molecular flexibility index (Phi) is 4.99. The average molecular weight is 426 g/mol. The summed E-state index contributed by atoms with van der Waals surface area (Å²) in [7, 11) is 0. The fourth-order valence-corrected chi connectivity index (χ4v) is 3.74. The van der Waals surface area contributed by atoms with E-state index in [0.29, 0.717) is 16.7 Å². The van der Waals surface area contributed by atoms with E-state index in [1.807, 2.05) is 54.6 Å². The largest absolute Gasteiger partial charge is 0.450 e. The zero-order chi connectivity index (χ0) is 22.1. The molecule has 0 saturated carbocycles. The standard InChI is InChI=1S/C25H18N2O5/c28-22-19-24(32-21(26-19)18-14-8-3-9-15-18)27(22)23(29)25(30)31-20(16-10-4-1-5-11-16)17-12-6-2-7-13-17/h1-15,19-20,24H/t19-,24-/m0/s1. The van der Waals surface area contributed by atoms with Crippen LogP contribution in [-0.2, 0) is 23.9 Å². The van der Waals surface area contributed by atoms with Gasteiger partial charge in [-0.1, -0.05) is 78.9 Å². The molecular weight excluding hydrogens is 408 g/mol. The number of likely N-dealkylation sites (tertiary alicyclic amines) is 1. The van der Waals surface area contributed by atoms with Crippen molar-refractivity contribution >= 4 is 23.7 Å². The summed E-state index contributed by atoms with van der Waals surface area (Å²) in [6, 6.07) is 26.4. The second kappa shape index (κ2) is 8.11. The second-order valence-electron chi connectivity index (χ2n) is 7.37. The van der Waals surface area contributed by atoms with E-state index in [1.165, 1.54) is 0 Å². The average Bonchev–Trinajstić information content (AvgIpc) is 3.24. The van der Waals surface area contributed by atoms with Gasteiger partial charge in [0.25, 0.3) is 5.91 Å². The van der Waals surface area contributed by atoms with Crippen molar-refractivity contribution in [2.75, 3.05) is 0 Å². The Bertz CT molecular complexity index is 1160. The summed E-state index contributed by atoms with van der Waals surface area (Å²) >= 11 is 0. The van der Waals surface area contributed by atoms with Crippen molar-refractivity contribution in [1.29, 1.82) is 0 Å². The Hall–Kier alpha value is -4.26. The molecule has 0 aliphatic carbocycles. The number of imide groups is 1. The molecule has 2 aliphatic heterocycles. The van der Waals surface area contributed by atoms with Crippen molar-refractivity contribution in [3.63, 3.8) is 0 Å². The Morgan fingerprint density at radius 3 is 1.94 bits per heavy atom. The number of ether oxygens (including phenoxy) is 2. The van der Waals surface area contributed by atoms with Crippen molar-refractivity contribution in [2.45, 2.75) is 18.4 Å². The number of amides is 2. The van der Waals surface area contributed by atoms with Gasteiger partial charge >= 0.3 is 11.9 Å². The Balaban J connectivity index is 1.33. The number of hydrogen-bond acceptors (Lipinski definition) is 6. The molecular formula is C25H18N2O5. The zero-order valence-electron chi connectivity index (χ0n) is 16.8. The SMILES string of the molecule is O=C(OC(c1ccccc1)c1ccccc1)C(=O)N1C(=O)[C@@H]2N=C(c3ccccc3)O[C@@H]21. The number of carbonyl (C=O) groups is 3. The minimum atomic E-state index is -1.13. The van der Waals surface area contributed by atoms with E-state index in [4.69, 9.17) is 9.47 Å². The predicted molar refractivity (Wildman–Crippen MR) is 114 cm³/mol. The molecule has 32 heavy (non-hydrogen) atoms. The molecule has 5 rings (SSSR count). The number of carbonyl (C=O) groups excluding carboxylic acids is 3. The minimum Gasteiger partial charge on any atom is -0.450 e. The number of rotatable bonds is 4. The van der Waals surface area contributed by atoms with Crippen LogP contribution in [0.15, 0.2) is 96.0 Å². The molecule has 0 radical (unpaired) electrons. The number of aliphatic imine (C=N–C) groups is 1. The van der Waals surface area contributed by atoms with Gasteiger partial charge in [0, 0.05) is 5.56 Å². The van der Waals surface area contributed by atoms with E-state index in [0.717, 1.165) is 4.90 Å². The Morgan fingerprint density at radius 1 is 0.844 bits per heavy atom. The first kappa shape index (κ1) is 19.7. The highest BCUT2D eigenvalue weighted by Gasteiger charge is 2.58. The van der Waals surface area contributed by atoms with Gasteiger partial charge < -0.3 is 9.47 Å². The van der Waals surface area contributed by atoms with Crippen molar-refractivity contribution in [3.05, 3.63) is 108 Å². The van der Waals surface area contributed by atoms with Crippen molar-refractivity contribution in [1.82, 2.24) is 4.90 Å². The van der Waals surface area contributed by atoms with Crippen molar-refractivity contribution in [3.8, 4) is 0 Å². The van der Waals surface area contributed by atoms with Crippen LogP contribution >= 0.6 is 0 Å². The number of esters is 1. The molecule has 0 unspecified atom stereocenters. The van der Waals surface area contributed by atoms with E-state index in [-0.39, 0.29) is 5.90 Å². The van der Waals surface area contributed by atoms with Gasteiger partial charge in [0.2, 0.25) is 12.1 Å². The summed E-state index contributed by atoms with van der Waals surface area (Å²) < 4.78 is 11.3. The number of hydrogen-bond donors (Lipinski definition) is 0. The minimum absolute atomic E-state index is 0.268. The molecule has 1 fully saturated rings. The van der Waals surface area contributed by atoms with Crippen LogP contribution in [0.2, 0.25) is 0 Å². The van der Waals surface area contributed by atoms with Crippen LogP contribution in [0.5, 0.6) is 0 Å². The van der Waals surface area contributed by atoms with Gasteiger partial charge in [-0.05, 0) is 23.3 Å². The third-order valence-electron chi connectivity index (χ3n) is 5.35. The van der Waals surface area contributed by atoms with Crippen LogP contribution in [0.25, 0.3) is 0 Å². The van der Waals surface area contributed by atoms with E-state index in [9.17, 15) is 14.4 Å². The highest BCUT2D eigenvalue weighted by atomic mass is 16.6.